The van der Waals surface area contributed by atoms with Crippen LogP contribution in [0.1, 0.15) is 21.7 Å². The lowest BCUT2D eigenvalue weighted by Gasteiger charge is -2.13. The molecule has 2 aromatic rings. The molecule has 1 aromatic heterocycles. The summed E-state index contributed by atoms with van der Waals surface area (Å²) in [4.78, 5) is 11.1. The van der Waals surface area contributed by atoms with Crippen molar-refractivity contribution in [2.75, 3.05) is 21.3 Å². The Hall–Kier alpha value is -2.63. The summed E-state index contributed by atoms with van der Waals surface area (Å²) in [6.07, 6.45) is 1.67. The summed E-state index contributed by atoms with van der Waals surface area (Å²) in [6.45, 7) is 0. The second-order valence-electron chi connectivity index (χ2n) is 4.27. The summed E-state index contributed by atoms with van der Waals surface area (Å²) in [5.74, 6) is 0.857. The van der Waals surface area contributed by atoms with Crippen molar-refractivity contribution < 1.29 is 28.5 Å². The number of carboxylic acid groups (broad SMARTS) is 1. The fourth-order valence-electron chi connectivity index (χ4n) is 2.09. The average Bonchev–Trinajstić information content (AvgIpc) is 2.94. The summed E-state index contributed by atoms with van der Waals surface area (Å²) in [5.41, 5.74) is 0.936. The lowest BCUT2D eigenvalue weighted by Crippen LogP contribution is -2.01. The number of benzene rings is 1. The van der Waals surface area contributed by atoms with Gasteiger partial charge in [0.05, 0.1) is 27.6 Å². The third kappa shape index (κ3) is 2.94. The van der Waals surface area contributed by atoms with Crippen LogP contribution in [0.15, 0.2) is 28.9 Å². The van der Waals surface area contributed by atoms with Crippen LogP contribution in [0, 0.1) is 0 Å². The molecular formula is C15H16O6. The van der Waals surface area contributed by atoms with Gasteiger partial charge >= 0.3 is 5.97 Å². The molecule has 1 heterocycles. The van der Waals surface area contributed by atoms with Crippen LogP contribution < -0.4 is 14.2 Å². The average molecular weight is 292 g/mol. The number of aromatic carboxylic acids is 1. The van der Waals surface area contributed by atoms with E-state index in [-0.39, 0.29) is 5.56 Å². The van der Waals surface area contributed by atoms with Crippen molar-refractivity contribution in [3.63, 3.8) is 0 Å². The van der Waals surface area contributed by atoms with E-state index in [9.17, 15) is 4.79 Å². The molecule has 6 nitrogen and oxygen atoms in total. The SMILES string of the molecule is COc1cc(Cc2occc2C(=O)O)cc(OC)c1OC. The summed E-state index contributed by atoms with van der Waals surface area (Å²) >= 11 is 0. The van der Waals surface area contributed by atoms with Gasteiger partial charge in [-0.3, -0.25) is 0 Å². The van der Waals surface area contributed by atoms with Crippen molar-refractivity contribution >= 4 is 5.97 Å². The Morgan fingerprint density at radius 2 is 1.76 bits per heavy atom. The predicted molar refractivity (Wildman–Crippen MR) is 74.6 cm³/mol. The monoisotopic (exact) mass is 292 g/mol. The number of hydrogen-bond donors (Lipinski definition) is 1. The molecule has 0 amide bonds. The van der Waals surface area contributed by atoms with Gasteiger partial charge in [0.1, 0.15) is 11.3 Å². The Morgan fingerprint density at radius 3 is 2.24 bits per heavy atom. The van der Waals surface area contributed by atoms with Gasteiger partial charge in [-0.05, 0) is 23.8 Å². The van der Waals surface area contributed by atoms with Crippen molar-refractivity contribution in [1.82, 2.24) is 0 Å². The van der Waals surface area contributed by atoms with Crippen LogP contribution in [0.4, 0.5) is 0 Å². The van der Waals surface area contributed by atoms with E-state index in [0.29, 0.717) is 29.4 Å². The van der Waals surface area contributed by atoms with Gasteiger partial charge < -0.3 is 23.7 Å². The standard InChI is InChI=1S/C15H16O6/c1-18-12-7-9(8-13(19-2)14(12)20-3)6-11-10(15(16)17)4-5-21-11/h4-5,7-8H,6H2,1-3H3,(H,16,17). The molecule has 0 bridgehead atoms. The second-order valence-corrected chi connectivity index (χ2v) is 4.27. The zero-order chi connectivity index (χ0) is 15.4. The Balaban J connectivity index is 2.40. The smallest absolute Gasteiger partial charge is 0.339 e. The first kappa shape index (κ1) is 14.8. The van der Waals surface area contributed by atoms with E-state index in [1.807, 2.05) is 0 Å². The number of furan rings is 1. The molecule has 0 radical (unpaired) electrons. The van der Waals surface area contributed by atoms with Gasteiger partial charge in [0.15, 0.2) is 11.5 Å². The number of rotatable bonds is 6. The highest BCUT2D eigenvalue weighted by molar-refractivity contribution is 5.88. The summed E-state index contributed by atoms with van der Waals surface area (Å²) < 4.78 is 21.0. The maximum atomic E-state index is 11.1. The summed E-state index contributed by atoms with van der Waals surface area (Å²) in [5, 5.41) is 9.09. The maximum absolute atomic E-state index is 11.1. The molecule has 0 fully saturated rings. The largest absolute Gasteiger partial charge is 0.493 e. The zero-order valence-electron chi connectivity index (χ0n) is 12.0. The lowest BCUT2D eigenvalue weighted by molar-refractivity contribution is 0.0694. The molecule has 1 N–H and O–H groups in total. The first-order valence-corrected chi connectivity index (χ1v) is 6.19. The highest BCUT2D eigenvalue weighted by Gasteiger charge is 2.17. The molecule has 0 saturated carbocycles. The molecule has 6 heteroatoms. The van der Waals surface area contributed by atoms with Crippen molar-refractivity contribution in [3.8, 4) is 17.2 Å². The molecule has 0 spiro atoms. The zero-order valence-corrected chi connectivity index (χ0v) is 12.0. The minimum Gasteiger partial charge on any atom is -0.493 e. The number of carbonyl (C=O) groups is 1. The van der Waals surface area contributed by atoms with Crippen molar-refractivity contribution in [3.05, 3.63) is 41.3 Å². The van der Waals surface area contributed by atoms with Crippen molar-refractivity contribution in [1.29, 1.82) is 0 Å². The molecule has 0 unspecified atom stereocenters. The highest BCUT2D eigenvalue weighted by Crippen LogP contribution is 2.38. The van der Waals surface area contributed by atoms with Crippen LogP contribution in [0.2, 0.25) is 0 Å². The molecule has 0 aliphatic carbocycles. The van der Waals surface area contributed by atoms with Gasteiger partial charge in [-0.15, -0.1) is 0 Å². The van der Waals surface area contributed by atoms with Gasteiger partial charge in [0, 0.05) is 6.42 Å². The van der Waals surface area contributed by atoms with Crippen LogP contribution in [-0.4, -0.2) is 32.4 Å². The summed E-state index contributed by atoms with van der Waals surface area (Å²) in [7, 11) is 4.57. The highest BCUT2D eigenvalue weighted by atomic mass is 16.5. The second kappa shape index (κ2) is 6.21. The van der Waals surface area contributed by atoms with Gasteiger partial charge in [-0.1, -0.05) is 0 Å². The Bertz CT molecular complexity index is 618. The molecule has 0 saturated heterocycles. The number of methoxy groups -OCH3 is 3. The quantitative estimate of drug-likeness (QED) is 0.881. The fraction of sp³-hybridized carbons (Fsp3) is 0.267. The first-order chi connectivity index (χ1) is 10.1. The molecule has 2 rings (SSSR count). The number of carboxylic acids is 1. The van der Waals surface area contributed by atoms with Crippen LogP contribution in [0.5, 0.6) is 17.2 Å². The van der Waals surface area contributed by atoms with Crippen LogP contribution in [0.3, 0.4) is 0 Å². The fourth-order valence-corrected chi connectivity index (χ4v) is 2.09. The third-order valence-corrected chi connectivity index (χ3v) is 3.07. The molecule has 0 aliphatic heterocycles. The van der Waals surface area contributed by atoms with E-state index in [1.54, 1.807) is 12.1 Å². The minimum atomic E-state index is -1.02. The molecule has 21 heavy (non-hydrogen) atoms. The normalized spacial score (nSPS) is 10.2. The first-order valence-electron chi connectivity index (χ1n) is 6.19. The lowest BCUT2D eigenvalue weighted by atomic mass is 10.1. The van der Waals surface area contributed by atoms with Crippen LogP contribution in [-0.2, 0) is 6.42 Å². The molecule has 0 aliphatic rings. The van der Waals surface area contributed by atoms with E-state index >= 15 is 0 Å². The van der Waals surface area contributed by atoms with Crippen LogP contribution in [0.25, 0.3) is 0 Å². The van der Waals surface area contributed by atoms with Gasteiger partial charge in [0.2, 0.25) is 5.75 Å². The number of ether oxygens (including phenoxy) is 3. The minimum absolute atomic E-state index is 0.142. The van der Waals surface area contributed by atoms with E-state index in [0.717, 1.165) is 5.56 Å². The Morgan fingerprint density at radius 1 is 1.14 bits per heavy atom. The van der Waals surface area contributed by atoms with Gasteiger partial charge in [0.25, 0.3) is 0 Å². The third-order valence-electron chi connectivity index (χ3n) is 3.07. The Kier molecular flexibility index (Phi) is 4.37. The molecule has 112 valence electrons. The molecule has 1 aromatic carbocycles. The van der Waals surface area contributed by atoms with Gasteiger partial charge in [-0.2, -0.15) is 0 Å². The number of hydrogen-bond acceptors (Lipinski definition) is 5. The topological polar surface area (TPSA) is 78.1 Å². The van der Waals surface area contributed by atoms with E-state index < -0.39 is 5.97 Å². The predicted octanol–water partition coefficient (Wildman–Crippen LogP) is 2.59. The van der Waals surface area contributed by atoms with E-state index in [2.05, 4.69) is 0 Å². The Labute approximate surface area is 121 Å². The van der Waals surface area contributed by atoms with Crippen LogP contribution >= 0.6 is 0 Å². The van der Waals surface area contributed by atoms with Gasteiger partial charge in [-0.25, -0.2) is 4.79 Å². The van der Waals surface area contributed by atoms with E-state index in [4.69, 9.17) is 23.7 Å². The maximum Gasteiger partial charge on any atom is 0.339 e. The molecule has 0 atom stereocenters. The van der Waals surface area contributed by atoms with Crippen molar-refractivity contribution in [2.24, 2.45) is 0 Å². The summed E-state index contributed by atoms with van der Waals surface area (Å²) in [6, 6.07) is 4.95. The molecular weight excluding hydrogens is 276 g/mol. The van der Waals surface area contributed by atoms with Crippen molar-refractivity contribution in [2.45, 2.75) is 6.42 Å². The van der Waals surface area contributed by atoms with E-state index in [1.165, 1.54) is 33.7 Å².